The van der Waals surface area contributed by atoms with Crippen molar-refractivity contribution in [3.8, 4) is 0 Å². The second-order valence-corrected chi connectivity index (χ2v) is 7.77. The molecule has 5 heteroatoms. The van der Waals surface area contributed by atoms with Crippen LogP contribution in [0, 0.1) is 0 Å². The van der Waals surface area contributed by atoms with Gasteiger partial charge in [-0.3, -0.25) is 0 Å². The minimum Gasteiger partial charge on any atom is -0.392 e. The highest BCUT2D eigenvalue weighted by Crippen LogP contribution is 2.24. The van der Waals surface area contributed by atoms with E-state index in [1.165, 1.54) is 9.77 Å². The standard InChI is InChI=1S/C13H12Br2OS2/c14-9-1-3-12(4-2-9)18-8-11(16)6-13-5-10(15)7-17-13/h1-5,7,11,16H,6,8H2. The topological polar surface area (TPSA) is 20.2 Å². The van der Waals surface area contributed by atoms with Gasteiger partial charge < -0.3 is 5.11 Å². The molecule has 2 aromatic rings. The summed E-state index contributed by atoms with van der Waals surface area (Å²) in [7, 11) is 0. The molecule has 0 spiro atoms. The fraction of sp³-hybridized carbons (Fsp3) is 0.231. The second-order valence-electron chi connectivity index (χ2n) is 3.85. The first-order valence-electron chi connectivity index (χ1n) is 5.43. The summed E-state index contributed by atoms with van der Waals surface area (Å²) in [5.74, 6) is 0.719. The number of benzene rings is 1. The Morgan fingerprint density at radius 2 is 1.89 bits per heavy atom. The molecule has 1 unspecified atom stereocenters. The summed E-state index contributed by atoms with van der Waals surface area (Å²) in [4.78, 5) is 2.40. The summed E-state index contributed by atoms with van der Waals surface area (Å²) < 4.78 is 2.17. The Bertz CT molecular complexity index is 496. The van der Waals surface area contributed by atoms with Gasteiger partial charge in [0.25, 0.3) is 0 Å². The van der Waals surface area contributed by atoms with Gasteiger partial charge >= 0.3 is 0 Å². The Labute approximate surface area is 132 Å². The molecule has 1 N–H and O–H groups in total. The SMILES string of the molecule is OC(CSc1ccc(Br)cc1)Cc1cc(Br)cs1. The molecular formula is C13H12Br2OS2. The third-order valence-electron chi connectivity index (χ3n) is 2.31. The van der Waals surface area contributed by atoms with E-state index in [1.807, 2.05) is 17.5 Å². The van der Waals surface area contributed by atoms with Crippen molar-refractivity contribution in [1.82, 2.24) is 0 Å². The fourth-order valence-corrected chi connectivity index (χ4v) is 4.09. The average Bonchev–Trinajstić information content (AvgIpc) is 2.74. The number of thiophene rings is 1. The molecule has 96 valence electrons. The van der Waals surface area contributed by atoms with Gasteiger partial charge in [-0.25, -0.2) is 0 Å². The van der Waals surface area contributed by atoms with Crippen LogP contribution >= 0.6 is 55.0 Å². The van der Waals surface area contributed by atoms with Crippen molar-refractivity contribution in [3.63, 3.8) is 0 Å². The molecule has 0 aliphatic carbocycles. The maximum absolute atomic E-state index is 9.99. The van der Waals surface area contributed by atoms with E-state index in [2.05, 4.69) is 50.1 Å². The van der Waals surface area contributed by atoms with Crippen LogP contribution in [-0.2, 0) is 6.42 Å². The molecule has 0 saturated heterocycles. The van der Waals surface area contributed by atoms with Gasteiger partial charge in [0, 0.05) is 36.3 Å². The first-order valence-corrected chi connectivity index (χ1v) is 8.88. The lowest BCUT2D eigenvalue weighted by Gasteiger charge is -2.08. The predicted octanol–water partition coefficient (Wildman–Crippen LogP) is 4.97. The Hall–Kier alpha value is 0.190. The summed E-state index contributed by atoms with van der Waals surface area (Å²) >= 11 is 10.2. The predicted molar refractivity (Wildman–Crippen MR) is 86.6 cm³/mol. The molecule has 1 atom stereocenters. The number of aliphatic hydroxyl groups is 1. The molecule has 1 heterocycles. The lowest BCUT2D eigenvalue weighted by molar-refractivity contribution is 0.201. The van der Waals surface area contributed by atoms with Crippen molar-refractivity contribution < 1.29 is 5.11 Å². The zero-order valence-corrected chi connectivity index (χ0v) is 14.3. The van der Waals surface area contributed by atoms with Gasteiger partial charge in [0.2, 0.25) is 0 Å². The quantitative estimate of drug-likeness (QED) is 0.706. The van der Waals surface area contributed by atoms with E-state index in [4.69, 9.17) is 0 Å². The van der Waals surface area contributed by atoms with Gasteiger partial charge in [-0.2, -0.15) is 0 Å². The van der Waals surface area contributed by atoms with E-state index in [9.17, 15) is 5.11 Å². The molecule has 2 rings (SSSR count). The van der Waals surface area contributed by atoms with E-state index in [1.54, 1.807) is 23.1 Å². The smallest absolute Gasteiger partial charge is 0.0682 e. The lowest BCUT2D eigenvalue weighted by Crippen LogP contribution is -2.12. The van der Waals surface area contributed by atoms with E-state index in [0.717, 1.165) is 21.1 Å². The summed E-state index contributed by atoms with van der Waals surface area (Å²) in [6, 6.07) is 10.2. The van der Waals surface area contributed by atoms with Crippen LogP contribution in [0.15, 0.2) is 49.6 Å². The van der Waals surface area contributed by atoms with Gasteiger partial charge in [0.1, 0.15) is 0 Å². The van der Waals surface area contributed by atoms with Crippen LogP contribution in [-0.4, -0.2) is 17.0 Å². The average molecular weight is 408 g/mol. The van der Waals surface area contributed by atoms with Crippen LogP contribution in [0.3, 0.4) is 0 Å². The third-order valence-corrected chi connectivity index (χ3v) is 5.72. The fourth-order valence-electron chi connectivity index (χ4n) is 1.48. The van der Waals surface area contributed by atoms with Crippen molar-refractivity contribution in [1.29, 1.82) is 0 Å². The summed E-state index contributed by atoms with van der Waals surface area (Å²) in [5, 5.41) is 12.0. The van der Waals surface area contributed by atoms with Crippen LogP contribution in [0.1, 0.15) is 4.88 Å². The van der Waals surface area contributed by atoms with Crippen LogP contribution in [0.5, 0.6) is 0 Å². The molecule has 0 saturated carbocycles. The van der Waals surface area contributed by atoms with Crippen molar-refractivity contribution in [2.24, 2.45) is 0 Å². The van der Waals surface area contributed by atoms with Crippen LogP contribution in [0.4, 0.5) is 0 Å². The number of hydrogen-bond acceptors (Lipinski definition) is 3. The van der Waals surface area contributed by atoms with Crippen LogP contribution < -0.4 is 0 Å². The lowest BCUT2D eigenvalue weighted by atomic mass is 10.2. The zero-order chi connectivity index (χ0) is 13.0. The van der Waals surface area contributed by atoms with Gasteiger partial charge in [-0.05, 0) is 46.3 Å². The summed E-state index contributed by atoms with van der Waals surface area (Å²) in [6.45, 7) is 0. The first-order chi connectivity index (χ1) is 8.63. The minimum absolute atomic E-state index is 0.302. The van der Waals surface area contributed by atoms with Gasteiger partial charge in [0.15, 0.2) is 0 Å². The molecule has 0 amide bonds. The molecule has 1 aromatic carbocycles. The van der Waals surface area contributed by atoms with E-state index in [0.29, 0.717) is 0 Å². The Morgan fingerprint density at radius 3 is 2.50 bits per heavy atom. The molecule has 0 aliphatic rings. The maximum Gasteiger partial charge on any atom is 0.0682 e. The molecule has 1 aromatic heterocycles. The zero-order valence-electron chi connectivity index (χ0n) is 9.48. The van der Waals surface area contributed by atoms with E-state index >= 15 is 0 Å². The second kappa shape index (κ2) is 7.10. The van der Waals surface area contributed by atoms with Crippen LogP contribution in [0.2, 0.25) is 0 Å². The monoisotopic (exact) mass is 406 g/mol. The Balaban J connectivity index is 1.81. The van der Waals surface area contributed by atoms with E-state index in [-0.39, 0.29) is 6.10 Å². The summed E-state index contributed by atoms with van der Waals surface area (Å²) in [5.41, 5.74) is 0. The highest BCUT2D eigenvalue weighted by Gasteiger charge is 2.08. The maximum atomic E-state index is 9.99. The highest BCUT2D eigenvalue weighted by atomic mass is 79.9. The molecule has 0 aliphatic heterocycles. The largest absolute Gasteiger partial charge is 0.392 e. The van der Waals surface area contributed by atoms with E-state index < -0.39 is 0 Å². The summed E-state index contributed by atoms with van der Waals surface area (Å²) in [6.07, 6.45) is 0.420. The minimum atomic E-state index is -0.302. The number of rotatable bonds is 5. The Morgan fingerprint density at radius 1 is 1.17 bits per heavy atom. The number of aliphatic hydroxyl groups excluding tert-OH is 1. The molecule has 0 fully saturated rings. The normalized spacial score (nSPS) is 12.6. The third kappa shape index (κ3) is 4.70. The van der Waals surface area contributed by atoms with Crippen molar-refractivity contribution in [3.05, 3.63) is 49.5 Å². The molecule has 0 radical (unpaired) electrons. The van der Waals surface area contributed by atoms with Crippen molar-refractivity contribution >= 4 is 55.0 Å². The Kier molecular flexibility index (Phi) is 5.76. The van der Waals surface area contributed by atoms with Crippen molar-refractivity contribution in [2.45, 2.75) is 17.4 Å². The van der Waals surface area contributed by atoms with Gasteiger partial charge in [0.05, 0.1) is 6.10 Å². The molecule has 18 heavy (non-hydrogen) atoms. The highest BCUT2D eigenvalue weighted by molar-refractivity contribution is 9.10. The molecule has 0 bridgehead atoms. The van der Waals surface area contributed by atoms with Gasteiger partial charge in [-0.15, -0.1) is 23.1 Å². The number of thioether (sulfide) groups is 1. The molecule has 1 nitrogen and oxygen atoms in total. The number of halogens is 2. The number of hydrogen-bond donors (Lipinski definition) is 1. The first kappa shape index (κ1) is 14.6. The van der Waals surface area contributed by atoms with Crippen molar-refractivity contribution in [2.75, 3.05) is 5.75 Å². The molecular weight excluding hydrogens is 396 g/mol. The van der Waals surface area contributed by atoms with Gasteiger partial charge in [-0.1, -0.05) is 15.9 Å². The van der Waals surface area contributed by atoms with Crippen LogP contribution in [0.25, 0.3) is 0 Å².